The Balaban J connectivity index is 1.32. The van der Waals surface area contributed by atoms with Gasteiger partial charge in [0.25, 0.3) is 0 Å². The maximum atomic E-state index is 13.9. The van der Waals surface area contributed by atoms with Crippen LogP contribution in [0.4, 0.5) is 10.2 Å². The number of nitriles is 1. The lowest BCUT2D eigenvalue weighted by molar-refractivity contribution is 0.221. The fourth-order valence-corrected chi connectivity index (χ4v) is 4.61. The van der Waals surface area contributed by atoms with Crippen LogP contribution in [0.25, 0.3) is 10.2 Å². The monoisotopic (exact) mass is 415 g/mol. The summed E-state index contributed by atoms with van der Waals surface area (Å²) >= 11 is 7.56. The standard InChI is InChI=1S/C20H19ClFN5S/c21-18-10-16-19(24-12-25-20(16)28-18)26-15-4-7-27(8-5-15)6-3-14-9-13(11-23)1-2-17(14)22/h1-2,9-10,12,15H,3-8H2,(H,24,25,26). The molecule has 0 saturated carbocycles. The number of hydrogen-bond donors (Lipinski definition) is 1. The molecule has 3 heterocycles. The van der Waals surface area contributed by atoms with E-state index in [9.17, 15) is 4.39 Å². The van der Waals surface area contributed by atoms with E-state index in [4.69, 9.17) is 16.9 Å². The van der Waals surface area contributed by atoms with Gasteiger partial charge < -0.3 is 10.2 Å². The van der Waals surface area contributed by atoms with Crippen LogP contribution in [0.15, 0.2) is 30.6 Å². The molecule has 0 aliphatic carbocycles. The van der Waals surface area contributed by atoms with Crippen LogP contribution in [0.5, 0.6) is 0 Å². The summed E-state index contributed by atoms with van der Waals surface area (Å²) in [7, 11) is 0. The van der Waals surface area contributed by atoms with Gasteiger partial charge in [0, 0.05) is 25.7 Å². The molecule has 144 valence electrons. The molecule has 0 atom stereocenters. The average Bonchev–Trinajstić information content (AvgIpc) is 3.10. The van der Waals surface area contributed by atoms with Gasteiger partial charge in [-0.1, -0.05) is 11.6 Å². The fraction of sp³-hybridized carbons (Fsp3) is 0.350. The van der Waals surface area contributed by atoms with Gasteiger partial charge in [-0.3, -0.25) is 0 Å². The summed E-state index contributed by atoms with van der Waals surface area (Å²) in [5, 5.41) is 13.5. The molecule has 1 N–H and O–H groups in total. The Kier molecular flexibility index (Phi) is 5.72. The smallest absolute Gasteiger partial charge is 0.138 e. The number of likely N-dealkylation sites (tertiary alicyclic amines) is 1. The minimum absolute atomic E-state index is 0.238. The van der Waals surface area contributed by atoms with Gasteiger partial charge in [-0.15, -0.1) is 11.3 Å². The van der Waals surface area contributed by atoms with E-state index in [2.05, 4.69) is 26.3 Å². The van der Waals surface area contributed by atoms with Crippen molar-refractivity contribution in [1.29, 1.82) is 5.26 Å². The molecule has 0 amide bonds. The average molecular weight is 416 g/mol. The topological polar surface area (TPSA) is 64.8 Å². The molecule has 1 fully saturated rings. The van der Waals surface area contributed by atoms with E-state index >= 15 is 0 Å². The second kappa shape index (κ2) is 8.39. The Hall–Kier alpha value is -2.27. The van der Waals surface area contributed by atoms with Crippen molar-refractivity contribution in [3.05, 3.63) is 51.9 Å². The summed E-state index contributed by atoms with van der Waals surface area (Å²) in [6.07, 6.45) is 4.16. The van der Waals surface area contributed by atoms with E-state index in [1.165, 1.54) is 23.5 Å². The summed E-state index contributed by atoms with van der Waals surface area (Å²) < 4.78 is 14.6. The van der Waals surface area contributed by atoms with E-state index in [0.29, 0.717) is 27.9 Å². The quantitative estimate of drug-likeness (QED) is 0.665. The lowest BCUT2D eigenvalue weighted by atomic mass is 10.0. The highest BCUT2D eigenvalue weighted by molar-refractivity contribution is 7.22. The molecular formula is C20H19ClFN5S. The number of nitrogens with zero attached hydrogens (tertiary/aromatic N) is 4. The molecule has 0 bridgehead atoms. The highest BCUT2D eigenvalue weighted by Crippen LogP contribution is 2.32. The summed E-state index contributed by atoms with van der Waals surface area (Å²) in [4.78, 5) is 11.9. The van der Waals surface area contributed by atoms with Gasteiger partial charge in [0.15, 0.2) is 0 Å². The van der Waals surface area contributed by atoms with Gasteiger partial charge in [-0.2, -0.15) is 5.26 Å². The van der Waals surface area contributed by atoms with Gasteiger partial charge in [0.1, 0.15) is 22.8 Å². The van der Waals surface area contributed by atoms with Crippen molar-refractivity contribution in [1.82, 2.24) is 14.9 Å². The second-order valence-corrected chi connectivity index (χ2v) is 8.58. The van der Waals surface area contributed by atoms with Gasteiger partial charge in [0.2, 0.25) is 0 Å². The van der Waals surface area contributed by atoms with Crippen LogP contribution in [-0.4, -0.2) is 40.5 Å². The van der Waals surface area contributed by atoms with Crippen LogP contribution in [0.1, 0.15) is 24.0 Å². The maximum absolute atomic E-state index is 13.9. The Morgan fingerprint density at radius 3 is 2.89 bits per heavy atom. The SMILES string of the molecule is N#Cc1ccc(F)c(CCN2CCC(Nc3ncnc4sc(Cl)cc34)CC2)c1. The molecule has 0 spiro atoms. The van der Waals surface area contributed by atoms with E-state index in [0.717, 1.165) is 48.5 Å². The summed E-state index contributed by atoms with van der Waals surface area (Å²) in [6, 6.07) is 8.86. The lowest BCUT2D eigenvalue weighted by Gasteiger charge is -2.32. The molecule has 3 aromatic rings. The predicted molar refractivity (Wildman–Crippen MR) is 110 cm³/mol. The van der Waals surface area contributed by atoms with Crippen LogP contribution in [0.3, 0.4) is 0 Å². The van der Waals surface area contributed by atoms with Crippen molar-refractivity contribution in [2.75, 3.05) is 25.0 Å². The zero-order valence-electron chi connectivity index (χ0n) is 15.2. The Bertz CT molecular complexity index is 1020. The molecule has 5 nitrogen and oxygen atoms in total. The second-order valence-electron chi connectivity index (χ2n) is 6.92. The van der Waals surface area contributed by atoms with Crippen molar-refractivity contribution >= 4 is 39.0 Å². The van der Waals surface area contributed by atoms with Gasteiger partial charge in [0.05, 0.1) is 21.4 Å². The van der Waals surface area contributed by atoms with Crippen LogP contribution in [0.2, 0.25) is 4.34 Å². The minimum atomic E-state index is -0.238. The molecule has 0 unspecified atom stereocenters. The van der Waals surface area contributed by atoms with E-state index in [1.54, 1.807) is 12.4 Å². The highest BCUT2D eigenvalue weighted by Gasteiger charge is 2.20. The number of nitrogens with one attached hydrogen (secondary N) is 1. The van der Waals surface area contributed by atoms with E-state index in [-0.39, 0.29) is 5.82 Å². The number of piperidine rings is 1. The largest absolute Gasteiger partial charge is 0.367 e. The minimum Gasteiger partial charge on any atom is -0.367 e. The van der Waals surface area contributed by atoms with Gasteiger partial charge in [-0.25, -0.2) is 14.4 Å². The first-order valence-corrected chi connectivity index (χ1v) is 10.4. The Labute approximate surface area is 171 Å². The van der Waals surface area contributed by atoms with Gasteiger partial charge in [-0.05, 0) is 49.1 Å². The number of halogens is 2. The molecular weight excluding hydrogens is 397 g/mol. The normalized spacial score (nSPS) is 15.6. The maximum Gasteiger partial charge on any atom is 0.138 e. The summed E-state index contributed by atoms with van der Waals surface area (Å²) in [5.41, 5.74) is 1.11. The van der Waals surface area contributed by atoms with Crippen molar-refractivity contribution in [3.63, 3.8) is 0 Å². The van der Waals surface area contributed by atoms with Crippen molar-refractivity contribution in [2.45, 2.75) is 25.3 Å². The number of thiophene rings is 1. The first-order valence-electron chi connectivity index (χ1n) is 9.20. The Morgan fingerprint density at radius 1 is 1.29 bits per heavy atom. The number of hydrogen-bond acceptors (Lipinski definition) is 6. The van der Waals surface area contributed by atoms with E-state index in [1.807, 2.05) is 6.07 Å². The first kappa shape index (κ1) is 19.1. The third kappa shape index (κ3) is 4.25. The van der Waals surface area contributed by atoms with Crippen molar-refractivity contribution < 1.29 is 4.39 Å². The third-order valence-electron chi connectivity index (χ3n) is 5.10. The molecule has 0 radical (unpaired) electrons. The molecule has 1 saturated heterocycles. The lowest BCUT2D eigenvalue weighted by Crippen LogP contribution is -2.40. The fourth-order valence-electron chi connectivity index (χ4n) is 3.55. The number of fused-ring (bicyclic) bond motifs is 1. The third-order valence-corrected chi connectivity index (χ3v) is 6.27. The van der Waals surface area contributed by atoms with Gasteiger partial charge >= 0.3 is 0 Å². The summed E-state index contributed by atoms with van der Waals surface area (Å²) in [5.74, 6) is 0.597. The molecule has 28 heavy (non-hydrogen) atoms. The zero-order valence-corrected chi connectivity index (χ0v) is 16.7. The van der Waals surface area contributed by atoms with Crippen molar-refractivity contribution in [3.8, 4) is 6.07 Å². The summed E-state index contributed by atoms with van der Waals surface area (Å²) in [6.45, 7) is 2.67. The number of rotatable bonds is 5. The zero-order chi connectivity index (χ0) is 19.5. The van der Waals surface area contributed by atoms with Crippen LogP contribution in [0, 0.1) is 17.1 Å². The predicted octanol–water partition coefficient (Wildman–Crippen LogP) is 4.47. The highest BCUT2D eigenvalue weighted by atomic mass is 35.5. The molecule has 2 aromatic heterocycles. The number of aromatic nitrogens is 2. The molecule has 1 aliphatic heterocycles. The van der Waals surface area contributed by atoms with Crippen LogP contribution < -0.4 is 5.32 Å². The number of benzene rings is 1. The van der Waals surface area contributed by atoms with Crippen molar-refractivity contribution in [2.24, 2.45) is 0 Å². The molecule has 4 rings (SSSR count). The Morgan fingerprint density at radius 2 is 2.11 bits per heavy atom. The van der Waals surface area contributed by atoms with Crippen LogP contribution in [-0.2, 0) is 6.42 Å². The number of anilines is 1. The first-order chi connectivity index (χ1) is 13.6. The van der Waals surface area contributed by atoms with E-state index < -0.39 is 0 Å². The van der Waals surface area contributed by atoms with Crippen LogP contribution >= 0.6 is 22.9 Å². The molecule has 1 aromatic carbocycles. The molecule has 8 heteroatoms. The molecule has 1 aliphatic rings.